The first kappa shape index (κ1) is 26.7. The Bertz CT molecular complexity index is 1100. The summed E-state index contributed by atoms with van der Waals surface area (Å²) in [4.78, 5) is 27.7. The van der Waals surface area contributed by atoms with Gasteiger partial charge in [-0.3, -0.25) is 13.9 Å². The summed E-state index contributed by atoms with van der Waals surface area (Å²) in [5, 5.41) is 3.22. The fourth-order valence-corrected chi connectivity index (χ4v) is 4.48. The zero-order valence-electron chi connectivity index (χ0n) is 19.8. The Morgan fingerprint density at radius 1 is 1.09 bits per heavy atom. The number of nitrogens with one attached hydrogen (secondary N) is 1. The van der Waals surface area contributed by atoms with Crippen molar-refractivity contribution in [1.29, 1.82) is 0 Å². The van der Waals surface area contributed by atoms with Gasteiger partial charge in [-0.25, -0.2) is 8.42 Å². The summed E-state index contributed by atoms with van der Waals surface area (Å²) in [6, 6.07) is 11.7. The van der Waals surface area contributed by atoms with Crippen LogP contribution in [0.3, 0.4) is 0 Å². The molecule has 0 saturated heterocycles. The summed E-state index contributed by atoms with van der Waals surface area (Å²) in [5.74, 6) is -0.772. The van der Waals surface area contributed by atoms with Crippen molar-refractivity contribution in [2.75, 3.05) is 23.7 Å². The van der Waals surface area contributed by atoms with Crippen LogP contribution in [0.25, 0.3) is 0 Å². The van der Waals surface area contributed by atoms with Crippen molar-refractivity contribution in [3.63, 3.8) is 0 Å². The van der Waals surface area contributed by atoms with E-state index in [0.29, 0.717) is 22.8 Å². The van der Waals surface area contributed by atoms with Gasteiger partial charge in [0.2, 0.25) is 21.8 Å². The number of amides is 2. The molecule has 0 radical (unpaired) electrons. The van der Waals surface area contributed by atoms with Gasteiger partial charge in [0, 0.05) is 18.1 Å². The molecule has 0 aromatic heterocycles. The van der Waals surface area contributed by atoms with Crippen LogP contribution in [0.2, 0.25) is 5.02 Å². The topological polar surface area (TPSA) is 86.8 Å². The van der Waals surface area contributed by atoms with E-state index in [1.54, 1.807) is 32.0 Å². The standard InChI is InChI=1S/C24H32ClN3O4S/c1-6-14-26-24(30)19(4)27(15-20-11-8-7-10-17(20)2)23(29)16-28(33(5,31)32)22-13-9-12-21(25)18(22)3/h7-13,19H,6,14-16H2,1-5H3,(H,26,30). The second-order valence-electron chi connectivity index (χ2n) is 8.07. The van der Waals surface area contributed by atoms with E-state index >= 15 is 0 Å². The van der Waals surface area contributed by atoms with Crippen LogP contribution in [0.4, 0.5) is 5.69 Å². The number of hydrogen-bond donors (Lipinski definition) is 1. The quantitative estimate of drug-likeness (QED) is 0.547. The molecule has 2 rings (SSSR count). The van der Waals surface area contributed by atoms with Gasteiger partial charge in [0.25, 0.3) is 0 Å². The summed E-state index contributed by atoms with van der Waals surface area (Å²) in [7, 11) is -3.80. The van der Waals surface area contributed by atoms with Crippen LogP contribution >= 0.6 is 11.6 Å². The lowest BCUT2D eigenvalue weighted by Gasteiger charge is -2.32. The molecule has 0 aliphatic carbocycles. The maximum absolute atomic E-state index is 13.5. The summed E-state index contributed by atoms with van der Waals surface area (Å²) in [5.41, 5.74) is 2.74. The molecule has 7 nitrogen and oxygen atoms in total. The number of hydrogen-bond acceptors (Lipinski definition) is 4. The lowest BCUT2D eigenvalue weighted by molar-refractivity contribution is -0.139. The van der Waals surface area contributed by atoms with Gasteiger partial charge >= 0.3 is 0 Å². The summed E-state index contributed by atoms with van der Waals surface area (Å²) >= 11 is 6.20. The second-order valence-corrected chi connectivity index (χ2v) is 10.4. The van der Waals surface area contributed by atoms with Crippen LogP contribution in [0, 0.1) is 13.8 Å². The smallest absolute Gasteiger partial charge is 0.244 e. The predicted molar refractivity (Wildman–Crippen MR) is 133 cm³/mol. The highest BCUT2D eigenvalue weighted by atomic mass is 35.5. The molecule has 180 valence electrons. The molecule has 0 saturated carbocycles. The highest BCUT2D eigenvalue weighted by Gasteiger charge is 2.30. The van der Waals surface area contributed by atoms with Crippen LogP contribution in [0.1, 0.15) is 37.0 Å². The summed E-state index contributed by atoms with van der Waals surface area (Å²) in [6.07, 6.45) is 1.81. The largest absolute Gasteiger partial charge is 0.354 e. The monoisotopic (exact) mass is 493 g/mol. The van der Waals surface area contributed by atoms with Gasteiger partial charge in [-0.2, -0.15) is 0 Å². The van der Waals surface area contributed by atoms with Crippen LogP contribution in [0.5, 0.6) is 0 Å². The molecular weight excluding hydrogens is 462 g/mol. The molecule has 0 spiro atoms. The summed E-state index contributed by atoms with van der Waals surface area (Å²) in [6.45, 7) is 7.45. The fourth-order valence-electron chi connectivity index (χ4n) is 3.41. The van der Waals surface area contributed by atoms with Gasteiger partial charge in [0.05, 0.1) is 11.9 Å². The third-order valence-corrected chi connectivity index (χ3v) is 7.04. The highest BCUT2D eigenvalue weighted by molar-refractivity contribution is 7.92. The molecular formula is C24H32ClN3O4S. The van der Waals surface area contributed by atoms with E-state index < -0.39 is 28.5 Å². The Balaban J connectivity index is 2.43. The predicted octanol–water partition coefficient (Wildman–Crippen LogP) is 3.67. The van der Waals surface area contributed by atoms with Crippen molar-refractivity contribution in [2.24, 2.45) is 0 Å². The highest BCUT2D eigenvalue weighted by Crippen LogP contribution is 2.28. The molecule has 0 aliphatic heterocycles. The van der Waals surface area contributed by atoms with E-state index in [-0.39, 0.29) is 12.5 Å². The number of carbonyl (C=O) groups is 2. The molecule has 0 heterocycles. The van der Waals surface area contributed by atoms with Gasteiger partial charge in [0.1, 0.15) is 12.6 Å². The SMILES string of the molecule is CCCNC(=O)C(C)N(Cc1ccccc1C)C(=O)CN(c1cccc(Cl)c1C)S(C)(=O)=O. The minimum absolute atomic E-state index is 0.179. The molecule has 33 heavy (non-hydrogen) atoms. The van der Waals surface area contributed by atoms with Crippen LogP contribution in [-0.2, 0) is 26.2 Å². The average Bonchev–Trinajstić information content (AvgIpc) is 2.76. The van der Waals surface area contributed by atoms with E-state index in [4.69, 9.17) is 11.6 Å². The molecule has 1 N–H and O–H groups in total. The molecule has 0 aliphatic rings. The number of nitrogens with zero attached hydrogens (tertiary/aromatic N) is 2. The number of aryl methyl sites for hydroxylation is 1. The Morgan fingerprint density at radius 3 is 2.36 bits per heavy atom. The van der Waals surface area contributed by atoms with Crippen molar-refractivity contribution in [1.82, 2.24) is 10.2 Å². The summed E-state index contributed by atoms with van der Waals surface area (Å²) < 4.78 is 26.3. The number of benzene rings is 2. The van der Waals surface area contributed by atoms with Gasteiger partial charge in [-0.05, 0) is 56.0 Å². The van der Waals surface area contributed by atoms with E-state index in [9.17, 15) is 18.0 Å². The zero-order chi connectivity index (χ0) is 24.8. The van der Waals surface area contributed by atoms with E-state index in [2.05, 4.69) is 5.32 Å². The first-order valence-electron chi connectivity index (χ1n) is 10.8. The number of halogens is 1. The molecule has 0 bridgehead atoms. The van der Waals surface area contributed by atoms with E-state index in [0.717, 1.165) is 28.1 Å². The van der Waals surface area contributed by atoms with E-state index in [1.165, 1.54) is 4.90 Å². The Kier molecular flexibility index (Phi) is 9.31. The van der Waals surface area contributed by atoms with Crippen molar-refractivity contribution >= 4 is 39.1 Å². The first-order chi connectivity index (χ1) is 15.5. The maximum atomic E-state index is 13.5. The Labute approximate surface area is 201 Å². The van der Waals surface area contributed by atoms with Crippen LogP contribution in [-0.4, -0.2) is 50.5 Å². The minimum atomic E-state index is -3.80. The van der Waals surface area contributed by atoms with Crippen molar-refractivity contribution < 1.29 is 18.0 Å². The van der Waals surface area contributed by atoms with Crippen molar-refractivity contribution in [2.45, 2.75) is 46.7 Å². The molecule has 2 aromatic rings. The Hall–Kier alpha value is -2.58. The Morgan fingerprint density at radius 2 is 1.76 bits per heavy atom. The number of carbonyl (C=O) groups excluding carboxylic acids is 2. The van der Waals surface area contributed by atoms with Crippen molar-refractivity contribution in [3.05, 3.63) is 64.2 Å². The third kappa shape index (κ3) is 6.95. The molecule has 2 amide bonds. The van der Waals surface area contributed by atoms with Gasteiger partial charge in [-0.15, -0.1) is 0 Å². The van der Waals surface area contributed by atoms with Gasteiger partial charge < -0.3 is 10.2 Å². The van der Waals surface area contributed by atoms with E-state index in [1.807, 2.05) is 38.1 Å². The normalized spacial score (nSPS) is 12.2. The third-order valence-electron chi connectivity index (χ3n) is 5.51. The van der Waals surface area contributed by atoms with Gasteiger partial charge in [-0.1, -0.05) is 48.9 Å². The second kappa shape index (κ2) is 11.5. The molecule has 0 fully saturated rings. The lowest BCUT2D eigenvalue weighted by atomic mass is 10.1. The zero-order valence-corrected chi connectivity index (χ0v) is 21.3. The molecule has 2 aromatic carbocycles. The molecule has 1 atom stereocenters. The first-order valence-corrected chi connectivity index (χ1v) is 13.0. The fraction of sp³-hybridized carbons (Fsp3) is 0.417. The van der Waals surface area contributed by atoms with Crippen LogP contribution in [0.15, 0.2) is 42.5 Å². The number of sulfonamides is 1. The number of rotatable bonds is 10. The maximum Gasteiger partial charge on any atom is 0.244 e. The minimum Gasteiger partial charge on any atom is -0.354 e. The lowest BCUT2D eigenvalue weighted by Crippen LogP contribution is -2.51. The average molecular weight is 494 g/mol. The molecule has 9 heteroatoms. The molecule has 1 unspecified atom stereocenters. The van der Waals surface area contributed by atoms with Gasteiger partial charge in [0.15, 0.2) is 0 Å². The van der Waals surface area contributed by atoms with Crippen molar-refractivity contribution in [3.8, 4) is 0 Å². The van der Waals surface area contributed by atoms with Crippen LogP contribution < -0.4 is 9.62 Å². The number of anilines is 1.